The van der Waals surface area contributed by atoms with Crippen molar-refractivity contribution < 1.29 is 13.6 Å². The molecule has 1 amide bonds. The highest BCUT2D eigenvalue weighted by atomic mass is 32.2. The Hall–Kier alpha value is -1.14. The summed E-state index contributed by atoms with van der Waals surface area (Å²) in [5.41, 5.74) is -0.0909. The van der Waals surface area contributed by atoms with Crippen molar-refractivity contribution in [2.24, 2.45) is 5.92 Å². The predicted octanol–water partition coefficient (Wildman–Crippen LogP) is 2.91. The highest BCUT2D eigenvalue weighted by molar-refractivity contribution is 7.99. The predicted molar refractivity (Wildman–Crippen MR) is 88.7 cm³/mol. The Morgan fingerprint density at radius 1 is 1.26 bits per heavy atom. The van der Waals surface area contributed by atoms with Gasteiger partial charge in [-0.25, -0.2) is 8.78 Å². The third kappa shape index (κ3) is 4.23. The average Bonchev–Trinajstić information content (AvgIpc) is 3.07. The molecule has 1 aromatic rings. The third-order valence-electron chi connectivity index (χ3n) is 4.80. The van der Waals surface area contributed by atoms with Gasteiger partial charge in [0.15, 0.2) is 0 Å². The molecule has 2 fully saturated rings. The van der Waals surface area contributed by atoms with Gasteiger partial charge in [0.2, 0.25) is 0 Å². The summed E-state index contributed by atoms with van der Waals surface area (Å²) in [4.78, 5) is 14.6. The Morgan fingerprint density at radius 3 is 2.70 bits per heavy atom. The number of benzene rings is 1. The van der Waals surface area contributed by atoms with E-state index in [9.17, 15) is 13.6 Å². The van der Waals surface area contributed by atoms with Crippen molar-refractivity contribution >= 4 is 17.7 Å². The van der Waals surface area contributed by atoms with Gasteiger partial charge in [-0.15, -0.1) is 0 Å². The van der Waals surface area contributed by atoms with Gasteiger partial charge in [-0.05, 0) is 56.2 Å². The molecule has 2 saturated heterocycles. The first-order valence-corrected chi connectivity index (χ1v) is 9.34. The van der Waals surface area contributed by atoms with Gasteiger partial charge in [0.1, 0.15) is 11.6 Å². The van der Waals surface area contributed by atoms with Gasteiger partial charge in [-0.1, -0.05) is 0 Å². The van der Waals surface area contributed by atoms with E-state index in [2.05, 4.69) is 10.2 Å². The van der Waals surface area contributed by atoms with Gasteiger partial charge in [0.05, 0.1) is 5.56 Å². The van der Waals surface area contributed by atoms with Crippen molar-refractivity contribution in [3.63, 3.8) is 0 Å². The van der Waals surface area contributed by atoms with Crippen LogP contribution in [0.3, 0.4) is 0 Å². The Morgan fingerprint density at radius 2 is 2.04 bits per heavy atom. The summed E-state index contributed by atoms with van der Waals surface area (Å²) in [5, 5.41) is 2.79. The third-order valence-corrected chi connectivity index (χ3v) is 5.94. The summed E-state index contributed by atoms with van der Waals surface area (Å²) in [5.74, 6) is 1.01. The maximum absolute atomic E-state index is 13.6. The van der Waals surface area contributed by atoms with Crippen molar-refractivity contribution in [1.82, 2.24) is 10.2 Å². The van der Waals surface area contributed by atoms with Crippen LogP contribution in [0, 0.1) is 17.6 Å². The first-order valence-electron chi connectivity index (χ1n) is 8.18. The van der Waals surface area contributed by atoms with Gasteiger partial charge in [-0.3, -0.25) is 9.69 Å². The van der Waals surface area contributed by atoms with E-state index in [-0.39, 0.29) is 5.56 Å². The van der Waals surface area contributed by atoms with Gasteiger partial charge < -0.3 is 5.32 Å². The van der Waals surface area contributed by atoms with Crippen LogP contribution in [0.1, 0.15) is 29.6 Å². The summed E-state index contributed by atoms with van der Waals surface area (Å²) in [6.07, 6.45) is 3.41. The number of likely N-dealkylation sites (tertiary alicyclic amines) is 1. The lowest BCUT2D eigenvalue weighted by Crippen LogP contribution is -2.43. The number of nitrogens with zero attached hydrogens (tertiary/aromatic N) is 1. The molecule has 0 spiro atoms. The number of thioether (sulfide) groups is 1. The van der Waals surface area contributed by atoms with E-state index in [1.165, 1.54) is 24.0 Å². The second kappa shape index (κ2) is 7.62. The normalized spacial score (nSPS) is 23.1. The number of hydrogen-bond acceptors (Lipinski definition) is 3. The van der Waals surface area contributed by atoms with Crippen molar-refractivity contribution in [3.05, 3.63) is 35.4 Å². The molecule has 0 unspecified atom stereocenters. The first-order chi connectivity index (χ1) is 11.1. The fourth-order valence-corrected chi connectivity index (χ4v) is 4.59. The molecule has 0 bridgehead atoms. The molecule has 1 atom stereocenters. The van der Waals surface area contributed by atoms with E-state index in [1.54, 1.807) is 0 Å². The molecule has 3 nitrogen and oxygen atoms in total. The molecule has 0 saturated carbocycles. The summed E-state index contributed by atoms with van der Waals surface area (Å²) in [7, 11) is 0. The number of rotatable bonds is 4. The minimum atomic E-state index is -0.809. The molecule has 1 N–H and O–H groups in total. The zero-order valence-electron chi connectivity index (χ0n) is 13.1. The molecule has 2 aliphatic rings. The van der Waals surface area contributed by atoms with Crippen molar-refractivity contribution in [2.45, 2.75) is 25.3 Å². The van der Waals surface area contributed by atoms with E-state index < -0.39 is 17.5 Å². The van der Waals surface area contributed by atoms with Gasteiger partial charge in [0, 0.05) is 24.4 Å². The minimum Gasteiger partial charge on any atom is -0.352 e. The zero-order chi connectivity index (χ0) is 16.2. The van der Waals surface area contributed by atoms with Crippen LogP contribution in [-0.4, -0.2) is 48.0 Å². The van der Waals surface area contributed by atoms with Crippen molar-refractivity contribution in [3.8, 4) is 0 Å². The molecular weight excluding hydrogens is 318 g/mol. The van der Waals surface area contributed by atoms with Gasteiger partial charge in [-0.2, -0.15) is 11.8 Å². The van der Waals surface area contributed by atoms with Crippen LogP contribution in [-0.2, 0) is 0 Å². The number of piperidine rings is 1. The largest absolute Gasteiger partial charge is 0.352 e. The topological polar surface area (TPSA) is 32.3 Å². The first kappa shape index (κ1) is 16.7. The zero-order valence-corrected chi connectivity index (χ0v) is 13.9. The summed E-state index contributed by atoms with van der Waals surface area (Å²) >= 11 is 2.03. The molecule has 2 aliphatic heterocycles. The van der Waals surface area contributed by atoms with E-state index >= 15 is 0 Å². The second-order valence-corrected chi connectivity index (χ2v) is 7.48. The second-order valence-electron chi connectivity index (χ2n) is 6.33. The molecule has 0 aliphatic carbocycles. The molecule has 126 valence electrons. The summed E-state index contributed by atoms with van der Waals surface area (Å²) in [6, 6.07) is 3.77. The fraction of sp³-hybridized carbons (Fsp3) is 0.588. The van der Waals surface area contributed by atoms with Crippen LogP contribution >= 0.6 is 11.8 Å². The van der Waals surface area contributed by atoms with Crippen LogP contribution < -0.4 is 5.32 Å². The molecule has 2 heterocycles. The standard InChI is InChI=1S/C17H22F2N2OS/c18-13-1-2-15(16(19)9-13)17(22)20-10-12-3-6-21(7-4-12)14-5-8-23-11-14/h1-2,9,12,14H,3-8,10-11H2,(H,20,22)/t14-/m0/s1. The molecular formula is C17H22F2N2OS. The highest BCUT2D eigenvalue weighted by Crippen LogP contribution is 2.26. The summed E-state index contributed by atoms with van der Waals surface area (Å²) < 4.78 is 26.5. The minimum absolute atomic E-state index is 0.0909. The monoisotopic (exact) mass is 340 g/mol. The fourth-order valence-electron chi connectivity index (χ4n) is 3.34. The number of amides is 1. The molecule has 0 aromatic heterocycles. The Balaban J connectivity index is 1.45. The molecule has 0 radical (unpaired) electrons. The lowest BCUT2D eigenvalue weighted by molar-refractivity contribution is 0.0924. The van der Waals surface area contributed by atoms with E-state index in [4.69, 9.17) is 0 Å². The highest BCUT2D eigenvalue weighted by Gasteiger charge is 2.27. The Labute approximate surface area is 139 Å². The van der Waals surface area contributed by atoms with E-state index in [0.29, 0.717) is 12.5 Å². The maximum atomic E-state index is 13.6. The number of nitrogens with one attached hydrogen (secondary N) is 1. The number of carbonyl (C=O) groups excluding carboxylic acids is 1. The molecule has 1 aromatic carbocycles. The number of halogens is 2. The smallest absolute Gasteiger partial charge is 0.254 e. The van der Waals surface area contributed by atoms with Crippen LogP contribution in [0.5, 0.6) is 0 Å². The van der Waals surface area contributed by atoms with Crippen molar-refractivity contribution in [1.29, 1.82) is 0 Å². The average molecular weight is 340 g/mol. The number of carbonyl (C=O) groups is 1. The van der Waals surface area contributed by atoms with Gasteiger partial charge >= 0.3 is 0 Å². The molecule has 6 heteroatoms. The van der Waals surface area contributed by atoms with Gasteiger partial charge in [0.25, 0.3) is 5.91 Å². The Bertz CT molecular complexity index is 556. The van der Waals surface area contributed by atoms with Crippen LogP contribution in [0.25, 0.3) is 0 Å². The molecule has 3 rings (SSSR count). The lowest BCUT2D eigenvalue weighted by atomic mass is 9.95. The van der Waals surface area contributed by atoms with Crippen LogP contribution in [0.15, 0.2) is 18.2 Å². The van der Waals surface area contributed by atoms with Crippen molar-refractivity contribution in [2.75, 3.05) is 31.1 Å². The quantitative estimate of drug-likeness (QED) is 0.915. The van der Waals surface area contributed by atoms with Crippen LogP contribution in [0.2, 0.25) is 0 Å². The SMILES string of the molecule is O=C(NCC1CCN([C@H]2CCSC2)CC1)c1ccc(F)cc1F. The molecule has 23 heavy (non-hydrogen) atoms. The van der Waals surface area contributed by atoms with E-state index in [1.807, 2.05) is 11.8 Å². The Kier molecular flexibility index (Phi) is 5.54. The lowest BCUT2D eigenvalue weighted by Gasteiger charge is -2.35. The van der Waals surface area contributed by atoms with Crippen LogP contribution in [0.4, 0.5) is 8.78 Å². The summed E-state index contributed by atoms with van der Waals surface area (Å²) in [6.45, 7) is 2.72. The van der Waals surface area contributed by atoms with E-state index in [0.717, 1.165) is 44.1 Å². The number of hydrogen-bond donors (Lipinski definition) is 1. The maximum Gasteiger partial charge on any atom is 0.254 e.